The van der Waals surface area contributed by atoms with Crippen LogP contribution in [0.1, 0.15) is 29.5 Å². The van der Waals surface area contributed by atoms with Crippen molar-refractivity contribution in [2.24, 2.45) is 0 Å². The van der Waals surface area contributed by atoms with Gasteiger partial charge in [-0.05, 0) is 44.7 Å². The van der Waals surface area contributed by atoms with Crippen LogP contribution in [0.5, 0.6) is 0 Å². The number of rotatable bonds is 6. The summed E-state index contributed by atoms with van der Waals surface area (Å²) >= 11 is 0. The van der Waals surface area contributed by atoms with Crippen LogP contribution in [0.2, 0.25) is 0 Å². The van der Waals surface area contributed by atoms with Crippen molar-refractivity contribution in [3.05, 3.63) is 28.8 Å². The average molecular weight is 361 g/mol. The average Bonchev–Trinajstić information content (AvgIpc) is 2.90. The second kappa shape index (κ2) is 6.88. The number of aryl methyl sites for hydroxylation is 3. The summed E-state index contributed by atoms with van der Waals surface area (Å²) in [6.07, 6.45) is 1.74. The van der Waals surface area contributed by atoms with Gasteiger partial charge in [-0.2, -0.15) is 0 Å². The predicted octanol–water partition coefficient (Wildman–Crippen LogP) is 1.32. The highest BCUT2D eigenvalue weighted by Gasteiger charge is 2.26. The summed E-state index contributed by atoms with van der Waals surface area (Å²) in [6.45, 7) is 6.35. The van der Waals surface area contributed by atoms with Gasteiger partial charge in [-0.25, -0.2) is 25.9 Å². The SMILES string of the molecule is Cc1cc(C)c(S(=O)(=O)NCCS(=O)(=O)N2CCCC2)c(C)c1. The van der Waals surface area contributed by atoms with Gasteiger partial charge in [0.05, 0.1) is 10.6 Å². The van der Waals surface area contributed by atoms with E-state index in [1.807, 2.05) is 19.1 Å². The van der Waals surface area contributed by atoms with Crippen molar-refractivity contribution in [1.82, 2.24) is 9.03 Å². The minimum atomic E-state index is -3.72. The first-order valence-corrected chi connectivity index (χ1v) is 10.8. The van der Waals surface area contributed by atoms with Crippen molar-refractivity contribution >= 4 is 20.0 Å². The highest BCUT2D eigenvalue weighted by Crippen LogP contribution is 2.21. The van der Waals surface area contributed by atoms with Crippen LogP contribution in [0, 0.1) is 20.8 Å². The molecule has 0 atom stereocenters. The molecule has 0 bridgehead atoms. The maximum atomic E-state index is 12.5. The lowest BCUT2D eigenvalue weighted by atomic mass is 10.1. The number of nitrogens with zero attached hydrogens (tertiary/aromatic N) is 1. The highest BCUT2D eigenvalue weighted by atomic mass is 32.2. The molecule has 1 aliphatic heterocycles. The molecule has 8 heteroatoms. The third-order valence-corrected chi connectivity index (χ3v) is 7.62. The van der Waals surface area contributed by atoms with E-state index in [0.29, 0.717) is 24.2 Å². The van der Waals surface area contributed by atoms with E-state index < -0.39 is 20.0 Å². The zero-order valence-electron chi connectivity index (χ0n) is 13.8. The fourth-order valence-electron chi connectivity index (χ4n) is 3.06. The Morgan fingerprint density at radius 3 is 2.04 bits per heavy atom. The fraction of sp³-hybridized carbons (Fsp3) is 0.600. The van der Waals surface area contributed by atoms with Crippen molar-refractivity contribution < 1.29 is 16.8 Å². The third-order valence-electron chi connectivity index (χ3n) is 3.98. The molecule has 130 valence electrons. The normalized spacial score (nSPS) is 16.8. The Bertz CT molecular complexity index is 757. The molecule has 0 unspecified atom stereocenters. The van der Waals surface area contributed by atoms with E-state index in [4.69, 9.17) is 0 Å². The first-order chi connectivity index (χ1) is 10.6. The molecule has 1 aliphatic rings. The summed E-state index contributed by atoms with van der Waals surface area (Å²) in [5, 5.41) is 0. The Labute approximate surface area is 139 Å². The smallest absolute Gasteiger partial charge is 0.212 e. The molecule has 1 N–H and O–H groups in total. The van der Waals surface area contributed by atoms with Crippen LogP contribution in [0.3, 0.4) is 0 Å². The van der Waals surface area contributed by atoms with E-state index >= 15 is 0 Å². The first kappa shape index (κ1) is 18.4. The quantitative estimate of drug-likeness (QED) is 0.829. The largest absolute Gasteiger partial charge is 0.241 e. The lowest BCUT2D eigenvalue weighted by Crippen LogP contribution is -2.36. The molecule has 2 rings (SSSR count). The predicted molar refractivity (Wildman–Crippen MR) is 90.4 cm³/mol. The van der Waals surface area contributed by atoms with Gasteiger partial charge < -0.3 is 0 Å². The van der Waals surface area contributed by atoms with Gasteiger partial charge in [0.2, 0.25) is 20.0 Å². The van der Waals surface area contributed by atoms with Gasteiger partial charge in [0, 0.05) is 19.6 Å². The summed E-state index contributed by atoms with van der Waals surface area (Å²) in [4.78, 5) is 0.238. The van der Waals surface area contributed by atoms with E-state index in [-0.39, 0.29) is 17.2 Å². The molecule has 23 heavy (non-hydrogen) atoms. The lowest BCUT2D eigenvalue weighted by molar-refractivity contribution is 0.477. The molecule has 0 spiro atoms. The van der Waals surface area contributed by atoms with E-state index in [0.717, 1.165) is 18.4 Å². The topological polar surface area (TPSA) is 83.5 Å². The van der Waals surface area contributed by atoms with Gasteiger partial charge >= 0.3 is 0 Å². The fourth-order valence-corrected chi connectivity index (χ4v) is 6.11. The number of hydrogen-bond acceptors (Lipinski definition) is 4. The Hall–Kier alpha value is -0.960. The van der Waals surface area contributed by atoms with Gasteiger partial charge in [0.15, 0.2) is 0 Å². The van der Waals surface area contributed by atoms with E-state index in [1.54, 1.807) is 13.8 Å². The number of sulfonamides is 2. The minimum Gasteiger partial charge on any atom is -0.212 e. The lowest BCUT2D eigenvalue weighted by Gasteiger charge is -2.16. The van der Waals surface area contributed by atoms with Crippen molar-refractivity contribution in [3.8, 4) is 0 Å². The van der Waals surface area contributed by atoms with Crippen molar-refractivity contribution in [2.45, 2.75) is 38.5 Å². The molecule has 1 heterocycles. The molecule has 1 fully saturated rings. The zero-order chi connectivity index (χ0) is 17.3. The van der Waals surface area contributed by atoms with Crippen LogP contribution in [0.15, 0.2) is 17.0 Å². The Morgan fingerprint density at radius 2 is 1.52 bits per heavy atom. The number of nitrogens with one attached hydrogen (secondary N) is 1. The Balaban J connectivity index is 2.08. The van der Waals surface area contributed by atoms with Crippen molar-refractivity contribution in [2.75, 3.05) is 25.4 Å². The monoisotopic (exact) mass is 360 g/mol. The molecule has 0 aliphatic carbocycles. The van der Waals surface area contributed by atoms with Gasteiger partial charge in [-0.3, -0.25) is 0 Å². The first-order valence-electron chi connectivity index (χ1n) is 7.69. The molecule has 6 nitrogen and oxygen atoms in total. The molecule has 1 aromatic rings. The molecular formula is C15H24N2O4S2. The molecule has 1 saturated heterocycles. The van der Waals surface area contributed by atoms with Crippen LogP contribution < -0.4 is 4.72 Å². The van der Waals surface area contributed by atoms with Crippen LogP contribution in [-0.2, 0) is 20.0 Å². The van der Waals surface area contributed by atoms with Crippen LogP contribution in [0.4, 0.5) is 0 Å². The molecule has 1 aromatic carbocycles. The number of hydrogen-bond donors (Lipinski definition) is 1. The summed E-state index contributed by atoms with van der Waals surface area (Å²) in [5.41, 5.74) is 2.32. The van der Waals surface area contributed by atoms with E-state index in [2.05, 4.69) is 4.72 Å². The second-order valence-electron chi connectivity index (χ2n) is 6.05. The molecular weight excluding hydrogens is 336 g/mol. The Kier molecular flexibility index (Phi) is 5.50. The summed E-state index contributed by atoms with van der Waals surface area (Å²) in [5.74, 6) is -0.212. The van der Waals surface area contributed by atoms with Crippen LogP contribution >= 0.6 is 0 Å². The van der Waals surface area contributed by atoms with E-state index in [9.17, 15) is 16.8 Å². The molecule has 0 aromatic heterocycles. The Morgan fingerprint density at radius 1 is 1.00 bits per heavy atom. The van der Waals surface area contributed by atoms with E-state index in [1.165, 1.54) is 4.31 Å². The van der Waals surface area contributed by atoms with Crippen LogP contribution in [-0.4, -0.2) is 46.5 Å². The third kappa shape index (κ3) is 4.32. The van der Waals surface area contributed by atoms with Gasteiger partial charge in [0.1, 0.15) is 0 Å². The minimum absolute atomic E-state index is 0.117. The maximum Gasteiger partial charge on any atom is 0.241 e. The molecule has 0 saturated carbocycles. The van der Waals surface area contributed by atoms with Gasteiger partial charge in [0.25, 0.3) is 0 Å². The summed E-state index contributed by atoms with van der Waals surface area (Å²) in [6, 6.07) is 3.62. The zero-order valence-corrected chi connectivity index (χ0v) is 15.4. The van der Waals surface area contributed by atoms with Gasteiger partial charge in [-0.1, -0.05) is 17.7 Å². The molecule has 0 radical (unpaired) electrons. The second-order valence-corrected chi connectivity index (χ2v) is 9.84. The maximum absolute atomic E-state index is 12.5. The van der Waals surface area contributed by atoms with Gasteiger partial charge in [-0.15, -0.1) is 0 Å². The standard InChI is InChI=1S/C15H24N2O4S2/c1-12-10-13(2)15(14(3)11-12)23(20,21)16-6-9-22(18,19)17-7-4-5-8-17/h10-11,16H,4-9H2,1-3H3. The highest BCUT2D eigenvalue weighted by molar-refractivity contribution is 7.90. The molecule has 0 amide bonds. The van der Waals surface area contributed by atoms with Crippen molar-refractivity contribution in [3.63, 3.8) is 0 Å². The van der Waals surface area contributed by atoms with Crippen LogP contribution in [0.25, 0.3) is 0 Å². The summed E-state index contributed by atoms with van der Waals surface area (Å²) < 4.78 is 53.1. The summed E-state index contributed by atoms with van der Waals surface area (Å²) in [7, 11) is -7.10. The van der Waals surface area contributed by atoms with Crippen molar-refractivity contribution in [1.29, 1.82) is 0 Å². The number of benzene rings is 1.